The van der Waals surface area contributed by atoms with Gasteiger partial charge in [-0.3, -0.25) is 0 Å². The number of alkyl halides is 1. The second-order valence-electron chi connectivity index (χ2n) is 4.49. The molecule has 0 aromatic heterocycles. The van der Waals surface area contributed by atoms with E-state index in [1.165, 1.54) is 0 Å². The highest BCUT2D eigenvalue weighted by Gasteiger charge is 2.28. The first kappa shape index (κ1) is 13.3. The molecule has 0 unspecified atom stereocenters. The Morgan fingerprint density at radius 1 is 1.33 bits per heavy atom. The summed E-state index contributed by atoms with van der Waals surface area (Å²) in [6, 6.07) is 0. The predicted molar refractivity (Wildman–Crippen MR) is 63.6 cm³/mol. The van der Waals surface area contributed by atoms with Gasteiger partial charge in [0.1, 0.15) is 0 Å². The highest BCUT2D eigenvalue weighted by Crippen LogP contribution is 2.25. The molecule has 3 nitrogen and oxygen atoms in total. The largest absolute Gasteiger partial charge is 0.215 e. The van der Waals surface area contributed by atoms with Gasteiger partial charge < -0.3 is 0 Å². The molecule has 0 aliphatic carbocycles. The van der Waals surface area contributed by atoms with E-state index in [0.717, 1.165) is 12.8 Å². The molecule has 0 N–H and O–H groups in total. The maximum Gasteiger partial charge on any atom is 0.215 e. The third kappa shape index (κ3) is 3.61. The summed E-state index contributed by atoms with van der Waals surface area (Å²) in [5.74, 6) is 1.59. The molecule has 90 valence electrons. The summed E-state index contributed by atoms with van der Waals surface area (Å²) in [5.41, 5.74) is 0. The number of hydrogen-bond acceptors (Lipinski definition) is 2. The summed E-state index contributed by atoms with van der Waals surface area (Å²) in [7, 11) is -3.08. The van der Waals surface area contributed by atoms with Crippen molar-refractivity contribution in [2.24, 2.45) is 11.8 Å². The Morgan fingerprint density at radius 2 is 1.87 bits per heavy atom. The predicted octanol–water partition coefficient (Wildman–Crippen LogP) is 1.92. The Balaban J connectivity index is 2.50. The van der Waals surface area contributed by atoms with Crippen LogP contribution in [0.3, 0.4) is 0 Å². The molecule has 0 atom stereocenters. The molecule has 15 heavy (non-hydrogen) atoms. The summed E-state index contributed by atoms with van der Waals surface area (Å²) in [6.45, 7) is 5.74. The normalized spacial score (nSPS) is 21.1. The molecule has 5 heteroatoms. The van der Waals surface area contributed by atoms with Crippen molar-refractivity contribution in [2.75, 3.05) is 24.7 Å². The van der Waals surface area contributed by atoms with Crippen molar-refractivity contribution in [3.05, 3.63) is 0 Å². The molecule has 0 amide bonds. The SMILES string of the molecule is CC(C)C1CCN(S(=O)(=O)CCCl)CC1. The minimum absolute atomic E-state index is 0.0703. The van der Waals surface area contributed by atoms with Gasteiger partial charge in [-0.15, -0.1) is 11.6 Å². The van der Waals surface area contributed by atoms with E-state index < -0.39 is 10.0 Å². The lowest BCUT2D eigenvalue weighted by molar-refractivity contribution is 0.227. The first-order valence-corrected chi connectivity index (χ1v) is 7.65. The minimum atomic E-state index is -3.08. The number of nitrogens with zero attached hydrogens (tertiary/aromatic N) is 1. The van der Waals surface area contributed by atoms with Crippen LogP contribution in [0.1, 0.15) is 26.7 Å². The first-order valence-electron chi connectivity index (χ1n) is 5.51. The maximum atomic E-state index is 11.7. The lowest BCUT2D eigenvalue weighted by Crippen LogP contribution is -2.40. The fourth-order valence-electron chi connectivity index (χ4n) is 2.05. The number of rotatable bonds is 4. The molecule has 0 saturated carbocycles. The maximum absolute atomic E-state index is 11.7. The van der Waals surface area contributed by atoms with Crippen molar-refractivity contribution in [1.29, 1.82) is 0 Å². The van der Waals surface area contributed by atoms with Crippen LogP contribution < -0.4 is 0 Å². The van der Waals surface area contributed by atoms with Gasteiger partial charge >= 0.3 is 0 Å². The van der Waals surface area contributed by atoms with Gasteiger partial charge in [-0.05, 0) is 24.7 Å². The zero-order valence-corrected chi connectivity index (χ0v) is 11.0. The van der Waals surface area contributed by atoms with E-state index in [9.17, 15) is 8.42 Å². The van der Waals surface area contributed by atoms with Gasteiger partial charge in [0.25, 0.3) is 0 Å². The summed E-state index contributed by atoms with van der Waals surface area (Å²) < 4.78 is 25.0. The molecule has 1 heterocycles. The smallest absolute Gasteiger partial charge is 0.212 e. The van der Waals surface area contributed by atoms with Gasteiger partial charge in [-0.25, -0.2) is 12.7 Å². The molecule has 0 aromatic carbocycles. The highest BCUT2D eigenvalue weighted by atomic mass is 35.5. The Hall–Kier alpha value is 0.200. The van der Waals surface area contributed by atoms with Crippen molar-refractivity contribution in [3.63, 3.8) is 0 Å². The highest BCUT2D eigenvalue weighted by molar-refractivity contribution is 7.89. The molecule has 0 spiro atoms. The summed E-state index contributed by atoms with van der Waals surface area (Å²) in [4.78, 5) is 0. The lowest BCUT2D eigenvalue weighted by atomic mass is 9.87. The third-order valence-electron chi connectivity index (χ3n) is 3.17. The molecule has 0 aromatic rings. The zero-order chi connectivity index (χ0) is 11.5. The first-order chi connectivity index (χ1) is 6.97. The Labute approximate surface area is 97.8 Å². The summed E-state index contributed by atoms with van der Waals surface area (Å²) >= 11 is 5.48. The van der Waals surface area contributed by atoms with Gasteiger partial charge in [0, 0.05) is 19.0 Å². The van der Waals surface area contributed by atoms with Crippen LogP contribution in [-0.2, 0) is 10.0 Å². The van der Waals surface area contributed by atoms with Crippen molar-refractivity contribution in [1.82, 2.24) is 4.31 Å². The lowest BCUT2D eigenvalue weighted by Gasteiger charge is -2.32. The second kappa shape index (κ2) is 5.51. The minimum Gasteiger partial charge on any atom is -0.212 e. The Morgan fingerprint density at radius 3 is 2.27 bits per heavy atom. The van der Waals surface area contributed by atoms with Crippen molar-refractivity contribution in [3.8, 4) is 0 Å². The van der Waals surface area contributed by atoms with E-state index in [1.807, 2.05) is 0 Å². The van der Waals surface area contributed by atoms with Crippen molar-refractivity contribution >= 4 is 21.6 Å². The molecule has 0 radical (unpaired) electrons. The van der Waals surface area contributed by atoms with Gasteiger partial charge in [0.15, 0.2) is 0 Å². The average molecular weight is 254 g/mol. The van der Waals surface area contributed by atoms with E-state index in [4.69, 9.17) is 11.6 Å². The Kier molecular flexibility index (Phi) is 4.87. The van der Waals surface area contributed by atoms with Crippen LogP contribution in [0.5, 0.6) is 0 Å². The quantitative estimate of drug-likeness (QED) is 0.718. The van der Waals surface area contributed by atoms with Crippen LogP contribution in [0.25, 0.3) is 0 Å². The second-order valence-corrected chi connectivity index (χ2v) is 6.95. The number of hydrogen-bond donors (Lipinski definition) is 0. The van der Waals surface area contributed by atoms with Crippen LogP contribution in [0.2, 0.25) is 0 Å². The van der Waals surface area contributed by atoms with Gasteiger partial charge in [-0.2, -0.15) is 0 Å². The monoisotopic (exact) mass is 253 g/mol. The van der Waals surface area contributed by atoms with E-state index >= 15 is 0 Å². The van der Waals surface area contributed by atoms with Crippen LogP contribution in [-0.4, -0.2) is 37.4 Å². The van der Waals surface area contributed by atoms with E-state index in [1.54, 1.807) is 4.31 Å². The molecular formula is C10H20ClNO2S. The van der Waals surface area contributed by atoms with E-state index in [0.29, 0.717) is 24.9 Å². The van der Waals surface area contributed by atoms with Gasteiger partial charge in [0.05, 0.1) is 5.75 Å². The van der Waals surface area contributed by atoms with E-state index in [-0.39, 0.29) is 11.6 Å². The number of sulfonamides is 1. The van der Waals surface area contributed by atoms with Crippen LogP contribution >= 0.6 is 11.6 Å². The zero-order valence-electron chi connectivity index (χ0n) is 9.45. The average Bonchev–Trinajstić information content (AvgIpc) is 2.18. The van der Waals surface area contributed by atoms with Crippen molar-refractivity contribution in [2.45, 2.75) is 26.7 Å². The van der Waals surface area contributed by atoms with Gasteiger partial charge in [0.2, 0.25) is 10.0 Å². The van der Waals surface area contributed by atoms with Gasteiger partial charge in [-0.1, -0.05) is 13.8 Å². The fourth-order valence-corrected chi connectivity index (χ4v) is 3.85. The Bertz CT molecular complexity index is 282. The van der Waals surface area contributed by atoms with Crippen LogP contribution in [0, 0.1) is 11.8 Å². The topological polar surface area (TPSA) is 37.4 Å². The molecule has 1 fully saturated rings. The molecule has 1 aliphatic rings. The van der Waals surface area contributed by atoms with E-state index in [2.05, 4.69) is 13.8 Å². The molecule has 1 rings (SSSR count). The molecule has 1 aliphatic heterocycles. The van der Waals surface area contributed by atoms with Crippen LogP contribution in [0.4, 0.5) is 0 Å². The fraction of sp³-hybridized carbons (Fsp3) is 1.00. The molecule has 0 bridgehead atoms. The summed E-state index contributed by atoms with van der Waals surface area (Å²) in [5, 5.41) is 0. The summed E-state index contributed by atoms with van der Waals surface area (Å²) in [6.07, 6.45) is 1.97. The number of piperidine rings is 1. The molecular weight excluding hydrogens is 234 g/mol. The standard InChI is InChI=1S/C10H20ClNO2S/c1-9(2)10-3-6-12(7-4-10)15(13,14)8-5-11/h9-10H,3-8H2,1-2H3. The van der Waals surface area contributed by atoms with Crippen molar-refractivity contribution < 1.29 is 8.42 Å². The third-order valence-corrected chi connectivity index (χ3v) is 5.45. The van der Waals surface area contributed by atoms with Crippen LogP contribution in [0.15, 0.2) is 0 Å². The number of halogens is 1. The molecule has 1 saturated heterocycles.